The fourth-order valence-corrected chi connectivity index (χ4v) is 0.786. The Balaban J connectivity index is 4.20. The van der Waals surface area contributed by atoms with Gasteiger partial charge in [-0.3, -0.25) is 9.59 Å². The number of hydrogen-bond donors (Lipinski definition) is 1. The van der Waals surface area contributed by atoms with Crippen molar-refractivity contribution >= 4 is 24.7 Å². The summed E-state index contributed by atoms with van der Waals surface area (Å²) in [7, 11) is 0. The average molecular weight is 174 g/mol. The van der Waals surface area contributed by atoms with Crippen molar-refractivity contribution in [2.45, 2.75) is 13.3 Å². The molecule has 0 aromatic heterocycles. The van der Waals surface area contributed by atoms with Crippen LogP contribution < -0.4 is 0 Å². The monoisotopic (exact) mass is 174 g/mol. The zero-order valence-corrected chi connectivity index (χ0v) is 7.14. The molecule has 0 N–H and O–H groups in total. The first-order valence-electron chi connectivity index (χ1n) is 3.10. The van der Waals surface area contributed by atoms with Crippen LogP contribution in [-0.2, 0) is 13.8 Å². The van der Waals surface area contributed by atoms with E-state index in [1.165, 1.54) is 13.0 Å². The number of carbonyl (C=O) groups excluding carboxylic acids is 2. The highest BCUT2D eigenvalue weighted by Gasteiger charge is 2.22. The summed E-state index contributed by atoms with van der Waals surface area (Å²) in [4.78, 5) is 21.5. The van der Waals surface area contributed by atoms with Gasteiger partial charge in [-0.05, 0) is 13.3 Å². The van der Waals surface area contributed by atoms with Gasteiger partial charge < -0.3 is 4.18 Å². The number of allylic oxidation sites excluding steroid dienone is 1. The molecule has 0 spiro atoms. The Labute approximate surface area is 71.0 Å². The molecule has 0 fully saturated rings. The molecule has 0 aromatic carbocycles. The third-order valence-corrected chi connectivity index (χ3v) is 1.45. The van der Waals surface area contributed by atoms with Crippen molar-refractivity contribution in [2.75, 3.05) is 0 Å². The van der Waals surface area contributed by atoms with E-state index in [0.717, 1.165) is 0 Å². The summed E-state index contributed by atoms with van der Waals surface area (Å²) in [5, 5.41) is 0. The molecule has 11 heavy (non-hydrogen) atoms. The largest absolute Gasteiger partial charge is 0.394 e. The van der Waals surface area contributed by atoms with Crippen LogP contribution in [0.25, 0.3) is 0 Å². The van der Waals surface area contributed by atoms with Crippen molar-refractivity contribution in [2.24, 2.45) is 5.92 Å². The summed E-state index contributed by atoms with van der Waals surface area (Å²) >= 11 is 3.31. The second-order valence-electron chi connectivity index (χ2n) is 2.10. The third kappa shape index (κ3) is 3.23. The van der Waals surface area contributed by atoms with Crippen molar-refractivity contribution < 1.29 is 13.8 Å². The van der Waals surface area contributed by atoms with Gasteiger partial charge in [-0.2, -0.15) is 0 Å². The average Bonchev–Trinajstić information content (AvgIpc) is 1.98. The summed E-state index contributed by atoms with van der Waals surface area (Å²) in [6.07, 6.45) is 1.80. The minimum absolute atomic E-state index is 0.232. The number of hydrogen-bond acceptors (Lipinski definition) is 4. The molecular weight excluding hydrogens is 164 g/mol. The summed E-state index contributed by atoms with van der Waals surface area (Å²) in [5.41, 5.74) is 0. The zero-order valence-electron chi connectivity index (χ0n) is 6.24. The number of carbonyl (C=O) groups is 2. The zero-order chi connectivity index (χ0) is 8.85. The fraction of sp³-hybridized carbons (Fsp3) is 0.429. The highest BCUT2D eigenvalue weighted by molar-refractivity contribution is 7.75. The first-order valence-corrected chi connectivity index (χ1v) is 3.46. The van der Waals surface area contributed by atoms with Gasteiger partial charge in [0.25, 0.3) is 0 Å². The quantitative estimate of drug-likeness (QED) is 0.301. The van der Waals surface area contributed by atoms with Crippen LogP contribution in [0.4, 0.5) is 0 Å². The predicted octanol–water partition coefficient (Wildman–Crippen LogP) is 1.16. The van der Waals surface area contributed by atoms with E-state index >= 15 is 0 Å². The van der Waals surface area contributed by atoms with Gasteiger partial charge >= 0.3 is 5.97 Å². The number of thiol groups is 1. The molecule has 0 bridgehead atoms. The molecule has 0 heterocycles. The standard InChI is InChI=1S/C7H10O3S/c1-3-4-6(5(2)8)7(9)10-11/h3,6,11H,1,4H2,2H3. The maximum Gasteiger partial charge on any atom is 0.328 e. The Morgan fingerprint density at radius 1 is 1.73 bits per heavy atom. The molecule has 0 radical (unpaired) electrons. The molecule has 3 nitrogen and oxygen atoms in total. The molecule has 0 saturated carbocycles. The van der Waals surface area contributed by atoms with E-state index in [2.05, 4.69) is 23.7 Å². The van der Waals surface area contributed by atoms with Crippen LogP contribution in [-0.4, -0.2) is 11.8 Å². The number of Topliss-reactive ketones (excluding diaryl/α,β-unsaturated/α-hetero) is 1. The Bertz CT molecular complexity index is 177. The minimum Gasteiger partial charge on any atom is -0.394 e. The van der Waals surface area contributed by atoms with Crippen LogP contribution in [0.2, 0.25) is 0 Å². The van der Waals surface area contributed by atoms with Gasteiger partial charge in [-0.1, -0.05) is 6.08 Å². The second kappa shape index (κ2) is 4.96. The number of ketones is 1. The molecule has 0 aromatic rings. The van der Waals surface area contributed by atoms with E-state index in [0.29, 0.717) is 6.42 Å². The first kappa shape index (κ1) is 10.2. The van der Waals surface area contributed by atoms with E-state index in [4.69, 9.17) is 0 Å². The molecule has 0 saturated heterocycles. The molecule has 1 unspecified atom stereocenters. The van der Waals surface area contributed by atoms with Gasteiger partial charge in [0.15, 0.2) is 0 Å². The van der Waals surface area contributed by atoms with Crippen molar-refractivity contribution in [1.29, 1.82) is 0 Å². The Morgan fingerprint density at radius 3 is 2.55 bits per heavy atom. The van der Waals surface area contributed by atoms with Crippen LogP contribution in [0.3, 0.4) is 0 Å². The van der Waals surface area contributed by atoms with E-state index in [1.54, 1.807) is 0 Å². The van der Waals surface area contributed by atoms with Gasteiger partial charge in [0, 0.05) is 12.9 Å². The van der Waals surface area contributed by atoms with E-state index in [9.17, 15) is 9.59 Å². The van der Waals surface area contributed by atoms with E-state index in [-0.39, 0.29) is 5.78 Å². The highest BCUT2D eigenvalue weighted by atomic mass is 32.1. The van der Waals surface area contributed by atoms with Crippen LogP contribution in [0.1, 0.15) is 13.3 Å². The van der Waals surface area contributed by atoms with Gasteiger partial charge in [-0.15, -0.1) is 6.58 Å². The van der Waals surface area contributed by atoms with Crippen molar-refractivity contribution in [3.8, 4) is 0 Å². The lowest BCUT2D eigenvalue weighted by Crippen LogP contribution is -2.21. The van der Waals surface area contributed by atoms with Crippen molar-refractivity contribution in [1.82, 2.24) is 0 Å². The fourth-order valence-electron chi connectivity index (χ4n) is 0.658. The van der Waals surface area contributed by atoms with Gasteiger partial charge in [-0.25, -0.2) is 0 Å². The summed E-state index contributed by atoms with van der Waals surface area (Å²) < 4.78 is 4.11. The lowest BCUT2D eigenvalue weighted by Gasteiger charge is -2.06. The van der Waals surface area contributed by atoms with Crippen LogP contribution >= 0.6 is 12.9 Å². The molecular formula is C7H10O3S. The molecule has 4 heteroatoms. The molecule has 0 amide bonds. The Morgan fingerprint density at radius 2 is 2.27 bits per heavy atom. The smallest absolute Gasteiger partial charge is 0.328 e. The molecule has 0 aliphatic rings. The Kier molecular flexibility index (Phi) is 4.61. The maximum absolute atomic E-state index is 10.8. The lowest BCUT2D eigenvalue weighted by atomic mass is 10.0. The van der Waals surface area contributed by atoms with E-state index < -0.39 is 11.9 Å². The predicted molar refractivity (Wildman–Crippen MR) is 44.1 cm³/mol. The molecule has 0 aliphatic carbocycles. The minimum atomic E-state index is -0.745. The third-order valence-electron chi connectivity index (χ3n) is 1.27. The van der Waals surface area contributed by atoms with Crippen molar-refractivity contribution in [3.63, 3.8) is 0 Å². The van der Waals surface area contributed by atoms with E-state index in [1.807, 2.05) is 0 Å². The number of rotatable bonds is 4. The van der Waals surface area contributed by atoms with Crippen LogP contribution in [0.5, 0.6) is 0 Å². The summed E-state index contributed by atoms with van der Waals surface area (Å²) in [6, 6.07) is 0. The topological polar surface area (TPSA) is 43.4 Å². The summed E-state index contributed by atoms with van der Waals surface area (Å²) in [6.45, 7) is 4.75. The van der Waals surface area contributed by atoms with Crippen molar-refractivity contribution in [3.05, 3.63) is 12.7 Å². The van der Waals surface area contributed by atoms with Crippen LogP contribution in [0.15, 0.2) is 12.7 Å². The molecule has 0 aliphatic heterocycles. The van der Waals surface area contributed by atoms with Gasteiger partial charge in [0.05, 0.1) is 0 Å². The lowest BCUT2D eigenvalue weighted by molar-refractivity contribution is -0.141. The first-order chi connectivity index (χ1) is 5.13. The maximum atomic E-state index is 10.8. The molecule has 62 valence electrons. The summed E-state index contributed by atoms with van der Waals surface area (Å²) in [5.74, 6) is -1.60. The normalized spacial score (nSPS) is 11.8. The van der Waals surface area contributed by atoms with Gasteiger partial charge in [0.1, 0.15) is 11.7 Å². The SMILES string of the molecule is C=CCC(C(C)=O)C(=O)OS. The van der Waals surface area contributed by atoms with Gasteiger partial charge in [0.2, 0.25) is 0 Å². The second-order valence-corrected chi connectivity index (χ2v) is 2.28. The molecule has 1 atom stereocenters. The molecule has 0 rings (SSSR count). The Hall–Kier alpha value is -0.770. The highest BCUT2D eigenvalue weighted by Crippen LogP contribution is 2.08. The van der Waals surface area contributed by atoms with Crippen LogP contribution in [0, 0.1) is 5.92 Å².